The van der Waals surface area contributed by atoms with Gasteiger partial charge in [0.25, 0.3) is 0 Å². The summed E-state index contributed by atoms with van der Waals surface area (Å²) in [4.78, 5) is 10.6. The van der Waals surface area contributed by atoms with Gasteiger partial charge >= 0.3 is 0 Å². The molecule has 0 radical (unpaired) electrons. The van der Waals surface area contributed by atoms with Crippen LogP contribution in [0.3, 0.4) is 0 Å². The predicted octanol–water partition coefficient (Wildman–Crippen LogP) is 3.51. The van der Waals surface area contributed by atoms with Crippen molar-refractivity contribution < 1.29 is 4.79 Å². The molecular formula is C13H16ClNO. The summed E-state index contributed by atoms with van der Waals surface area (Å²) in [6.07, 6.45) is 5.23. The van der Waals surface area contributed by atoms with Crippen LogP contribution in [0, 0.1) is 5.92 Å². The van der Waals surface area contributed by atoms with Gasteiger partial charge in [-0.05, 0) is 43.9 Å². The van der Waals surface area contributed by atoms with Crippen molar-refractivity contribution in [3.8, 4) is 0 Å². The molecular weight excluding hydrogens is 222 g/mol. The van der Waals surface area contributed by atoms with Gasteiger partial charge in [0.1, 0.15) is 6.29 Å². The molecule has 0 heterocycles. The van der Waals surface area contributed by atoms with Crippen LogP contribution in [0.15, 0.2) is 24.3 Å². The van der Waals surface area contributed by atoms with Crippen LogP contribution in [-0.4, -0.2) is 12.3 Å². The summed E-state index contributed by atoms with van der Waals surface area (Å²) in [5, 5.41) is 4.22. The maximum atomic E-state index is 10.6. The maximum Gasteiger partial charge on any atom is 0.123 e. The molecule has 2 rings (SSSR count). The van der Waals surface area contributed by atoms with E-state index < -0.39 is 0 Å². The fourth-order valence-corrected chi connectivity index (χ4v) is 2.40. The Bertz CT molecular complexity index is 359. The molecule has 1 aliphatic carbocycles. The third-order valence-electron chi connectivity index (χ3n) is 3.16. The first-order chi connectivity index (χ1) is 7.78. The standard InChI is InChI=1S/C13H16ClNO/c14-11-2-1-3-13(8-11)15-12-6-4-10(9-16)5-7-12/h1-3,8-10,12,15H,4-7H2. The van der Waals surface area contributed by atoms with Crippen LogP contribution in [0.5, 0.6) is 0 Å². The average molecular weight is 238 g/mol. The highest BCUT2D eigenvalue weighted by molar-refractivity contribution is 6.30. The molecule has 2 nitrogen and oxygen atoms in total. The summed E-state index contributed by atoms with van der Waals surface area (Å²) in [6, 6.07) is 8.26. The Hall–Kier alpha value is -1.02. The van der Waals surface area contributed by atoms with Crippen LogP contribution in [-0.2, 0) is 4.79 Å². The van der Waals surface area contributed by atoms with Gasteiger partial charge in [-0.2, -0.15) is 0 Å². The Kier molecular flexibility index (Phi) is 3.83. The topological polar surface area (TPSA) is 29.1 Å². The summed E-state index contributed by atoms with van der Waals surface area (Å²) in [6.45, 7) is 0. The Balaban J connectivity index is 1.89. The minimum Gasteiger partial charge on any atom is -0.382 e. The van der Waals surface area contributed by atoms with Crippen molar-refractivity contribution in [1.29, 1.82) is 0 Å². The molecule has 86 valence electrons. The van der Waals surface area contributed by atoms with E-state index in [0.29, 0.717) is 6.04 Å². The number of hydrogen-bond acceptors (Lipinski definition) is 2. The van der Waals surface area contributed by atoms with Crippen LogP contribution in [0.4, 0.5) is 5.69 Å². The minimum absolute atomic E-state index is 0.275. The number of benzene rings is 1. The van der Waals surface area contributed by atoms with Gasteiger partial charge in [0, 0.05) is 22.7 Å². The molecule has 1 aromatic rings. The Labute approximate surface area is 101 Å². The molecule has 0 saturated heterocycles. The lowest BCUT2D eigenvalue weighted by molar-refractivity contribution is -0.111. The number of halogens is 1. The summed E-state index contributed by atoms with van der Waals surface area (Å²) in [7, 11) is 0. The van der Waals surface area contributed by atoms with Crippen LogP contribution >= 0.6 is 11.6 Å². The van der Waals surface area contributed by atoms with Gasteiger partial charge in [0.15, 0.2) is 0 Å². The first-order valence-electron chi connectivity index (χ1n) is 5.75. The normalized spacial score (nSPS) is 25.1. The number of rotatable bonds is 3. The molecule has 1 fully saturated rings. The lowest BCUT2D eigenvalue weighted by Gasteiger charge is -2.27. The molecule has 0 unspecified atom stereocenters. The first kappa shape index (κ1) is 11.5. The Morgan fingerprint density at radius 1 is 1.25 bits per heavy atom. The van der Waals surface area contributed by atoms with E-state index in [4.69, 9.17) is 11.6 Å². The van der Waals surface area contributed by atoms with Gasteiger partial charge in [-0.15, -0.1) is 0 Å². The van der Waals surface area contributed by atoms with Crippen molar-refractivity contribution in [2.24, 2.45) is 5.92 Å². The molecule has 1 saturated carbocycles. The highest BCUT2D eigenvalue weighted by atomic mass is 35.5. The SMILES string of the molecule is O=CC1CCC(Nc2cccc(Cl)c2)CC1. The van der Waals surface area contributed by atoms with E-state index in [-0.39, 0.29) is 5.92 Å². The van der Waals surface area contributed by atoms with Crippen LogP contribution in [0.2, 0.25) is 5.02 Å². The lowest BCUT2D eigenvalue weighted by atomic mass is 9.87. The van der Waals surface area contributed by atoms with E-state index in [1.165, 1.54) is 0 Å². The maximum absolute atomic E-state index is 10.6. The largest absolute Gasteiger partial charge is 0.382 e. The van der Waals surface area contributed by atoms with E-state index in [1.54, 1.807) is 0 Å². The smallest absolute Gasteiger partial charge is 0.123 e. The van der Waals surface area contributed by atoms with E-state index in [2.05, 4.69) is 5.32 Å². The molecule has 0 atom stereocenters. The number of anilines is 1. The van der Waals surface area contributed by atoms with E-state index >= 15 is 0 Å². The highest BCUT2D eigenvalue weighted by Gasteiger charge is 2.20. The second-order valence-corrected chi connectivity index (χ2v) is 4.84. The van der Waals surface area contributed by atoms with E-state index in [1.807, 2.05) is 24.3 Å². The Morgan fingerprint density at radius 2 is 2.00 bits per heavy atom. The highest BCUT2D eigenvalue weighted by Crippen LogP contribution is 2.26. The summed E-state index contributed by atoms with van der Waals surface area (Å²) < 4.78 is 0. The summed E-state index contributed by atoms with van der Waals surface area (Å²) in [5.41, 5.74) is 1.07. The summed E-state index contributed by atoms with van der Waals surface area (Å²) in [5.74, 6) is 0.275. The van der Waals surface area contributed by atoms with Gasteiger partial charge in [-0.1, -0.05) is 17.7 Å². The van der Waals surface area contributed by atoms with Crippen molar-refractivity contribution in [3.63, 3.8) is 0 Å². The predicted molar refractivity (Wildman–Crippen MR) is 66.9 cm³/mol. The molecule has 1 aromatic carbocycles. The zero-order valence-corrected chi connectivity index (χ0v) is 9.91. The van der Waals surface area contributed by atoms with Gasteiger partial charge < -0.3 is 10.1 Å². The zero-order valence-electron chi connectivity index (χ0n) is 9.16. The molecule has 0 bridgehead atoms. The number of carbonyl (C=O) groups excluding carboxylic acids is 1. The number of carbonyl (C=O) groups is 1. The van der Waals surface area contributed by atoms with Crippen LogP contribution in [0.1, 0.15) is 25.7 Å². The second-order valence-electron chi connectivity index (χ2n) is 4.40. The van der Waals surface area contributed by atoms with Gasteiger partial charge in [-0.3, -0.25) is 0 Å². The summed E-state index contributed by atoms with van der Waals surface area (Å²) >= 11 is 5.92. The number of nitrogens with one attached hydrogen (secondary N) is 1. The average Bonchev–Trinajstić information content (AvgIpc) is 2.30. The van der Waals surface area contributed by atoms with Gasteiger partial charge in [-0.25, -0.2) is 0 Å². The molecule has 0 amide bonds. The van der Waals surface area contributed by atoms with Gasteiger partial charge in [0.2, 0.25) is 0 Å². The molecule has 3 heteroatoms. The molecule has 0 aliphatic heterocycles. The monoisotopic (exact) mass is 237 g/mol. The van der Waals surface area contributed by atoms with Gasteiger partial charge in [0.05, 0.1) is 0 Å². The quantitative estimate of drug-likeness (QED) is 0.816. The Morgan fingerprint density at radius 3 is 2.62 bits per heavy atom. The third-order valence-corrected chi connectivity index (χ3v) is 3.39. The second kappa shape index (κ2) is 5.35. The van der Waals surface area contributed by atoms with Crippen LogP contribution in [0.25, 0.3) is 0 Å². The van der Waals surface area contributed by atoms with Crippen LogP contribution < -0.4 is 5.32 Å². The molecule has 1 N–H and O–H groups in total. The number of aldehydes is 1. The van der Waals surface area contributed by atoms with E-state index in [9.17, 15) is 4.79 Å². The van der Waals surface area contributed by atoms with Crippen molar-refractivity contribution in [2.75, 3.05) is 5.32 Å². The first-order valence-corrected chi connectivity index (χ1v) is 6.13. The van der Waals surface area contributed by atoms with E-state index in [0.717, 1.165) is 42.7 Å². The number of hydrogen-bond donors (Lipinski definition) is 1. The fraction of sp³-hybridized carbons (Fsp3) is 0.462. The zero-order chi connectivity index (χ0) is 11.4. The van der Waals surface area contributed by atoms with Crippen molar-refractivity contribution in [1.82, 2.24) is 0 Å². The molecule has 1 aliphatic rings. The third kappa shape index (κ3) is 2.99. The minimum atomic E-state index is 0.275. The fourth-order valence-electron chi connectivity index (χ4n) is 2.21. The molecule has 16 heavy (non-hydrogen) atoms. The molecule has 0 aromatic heterocycles. The van der Waals surface area contributed by atoms with Crippen molar-refractivity contribution in [3.05, 3.63) is 29.3 Å². The van der Waals surface area contributed by atoms with Crippen molar-refractivity contribution >= 4 is 23.6 Å². The molecule has 0 spiro atoms. The van der Waals surface area contributed by atoms with Crippen molar-refractivity contribution in [2.45, 2.75) is 31.7 Å². The lowest BCUT2D eigenvalue weighted by Crippen LogP contribution is -2.26.